The van der Waals surface area contributed by atoms with E-state index in [4.69, 9.17) is 0 Å². The molecule has 5 rings (SSSR count). The molecule has 8 heteroatoms. The van der Waals surface area contributed by atoms with Crippen LogP contribution in [0.25, 0.3) is 0 Å². The highest BCUT2D eigenvalue weighted by Gasteiger charge is 2.37. The van der Waals surface area contributed by atoms with Crippen molar-refractivity contribution in [3.05, 3.63) is 87.7 Å². The topological polar surface area (TPSA) is 113 Å². The van der Waals surface area contributed by atoms with Gasteiger partial charge in [-0.25, -0.2) is 9.48 Å². The van der Waals surface area contributed by atoms with Gasteiger partial charge in [0, 0.05) is 23.4 Å². The van der Waals surface area contributed by atoms with Gasteiger partial charge in [-0.1, -0.05) is 18.2 Å². The molecule has 0 bridgehead atoms. The average molecular weight is 457 g/mol. The Kier molecular flexibility index (Phi) is 5.28. The van der Waals surface area contributed by atoms with E-state index in [2.05, 4.69) is 15.7 Å². The van der Waals surface area contributed by atoms with Crippen LogP contribution in [-0.4, -0.2) is 32.5 Å². The number of hydrogen-bond acceptors (Lipinski definition) is 5. The predicted octanol–water partition coefficient (Wildman–Crippen LogP) is 4.47. The lowest BCUT2D eigenvalue weighted by atomic mass is 9.85. The minimum Gasteiger partial charge on any atom is -0.478 e. The standard InChI is InChI=1S/C26H24N4O4/c1-14-6-11-18(12-15(14)2)28-25(32)19-13-27-30-23(16-7-9-17(10-8-16)26(33)34)22-20(29-24(19)30)4-3-5-21(22)31/h6-13,23,29H,3-5H2,1-2H3,(H,28,32)(H,33,34)/t23-/m0/s1. The van der Waals surface area contributed by atoms with Crippen LogP contribution in [0.2, 0.25) is 0 Å². The summed E-state index contributed by atoms with van der Waals surface area (Å²) < 4.78 is 1.65. The second kappa shape index (κ2) is 8.30. The molecular formula is C26H24N4O4. The number of nitrogens with zero attached hydrogens (tertiary/aromatic N) is 2. The number of benzene rings is 2. The van der Waals surface area contributed by atoms with Gasteiger partial charge in [0.05, 0.1) is 11.8 Å². The number of nitrogens with one attached hydrogen (secondary N) is 2. The monoisotopic (exact) mass is 456 g/mol. The molecule has 3 N–H and O–H groups in total. The van der Waals surface area contributed by atoms with Gasteiger partial charge in [0.2, 0.25) is 0 Å². The maximum Gasteiger partial charge on any atom is 0.335 e. The predicted molar refractivity (Wildman–Crippen MR) is 127 cm³/mol. The van der Waals surface area contributed by atoms with Crippen LogP contribution in [0.4, 0.5) is 11.5 Å². The number of Topliss-reactive ketones (excluding diaryl/α,β-unsaturated/α-hetero) is 1. The molecule has 0 saturated heterocycles. The third-order valence-corrected chi connectivity index (χ3v) is 6.52. The quantitative estimate of drug-likeness (QED) is 0.534. The molecule has 1 atom stereocenters. The van der Waals surface area contributed by atoms with Crippen molar-refractivity contribution in [3.8, 4) is 0 Å². The second-order valence-corrected chi connectivity index (χ2v) is 8.73. The van der Waals surface area contributed by atoms with Crippen molar-refractivity contribution in [1.82, 2.24) is 9.78 Å². The Morgan fingerprint density at radius 1 is 1.09 bits per heavy atom. The van der Waals surface area contributed by atoms with Gasteiger partial charge in [0.1, 0.15) is 17.4 Å². The number of amides is 1. The van der Waals surface area contributed by atoms with Crippen molar-refractivity contribution in [2.75, 3.05) is 10.6 Å². The summed E-state index contributed by atoms with van der Waals surface area (Å²) in [5, 5.41) is 20.0. The van der Waals surface area contributed by atoms with Gasteiger partial charge >= 0.3 is 5.97 Å². The van der Waals surface area contributed by atoms with Crippen molar-refractivity contribution < 1.29 is 19.5 Å². The van der Waals surface area contributed by atoms with E-state index in [0.717, 1.165) is 28.8 Å². The molecular weight excluding hydrogens is 432 g/mol. The summed E-state index contributed by atoms with van der Waals surface area (Å²) in [6.45, 7) is 4.00. The molecule has 2 heterocycles. The van der Waals surface area contributed by atoms with E-state index in [1.165, 1.54) is 18.3 Å². The SMILES string of the molecule is Cc1ccc(NC(=O)c2cnn3c2NC2=C(C(=O)CCC2)[C@@H]3c2ccc(C(=O)O)cc2)cc1C. The molecule has 3 aromatic rings. The zero-order valence-electron chi connectivity index (χ0n) is 18.9. The smallest absolute Gasteiger partial charge is 0.335 e. The van der Waals surface area contributed by atoms with Crippen LogP contribution < -0.4 is 10.6 Å². The molecule has 0 unspecified atom stereocenters. The summed E-state index contributed by atoms with van der Waals surface area (Å²) in [7, 11) is 0. The maximum atomic E-state index is 13.2. The van der Waals surface area contributed by atoms with Crippen LogP contribution in [0.3, 0.4) is 0 Å². The number of rotatable bonds is 4. The maximum absolute atomic E-state index is 13.2. The lowest BCUT2D eigenvalue weighted by Gasteiger charge is -2.33. The van der Waals surface area contributed by atoms with Crippen LogP contribution in [0.15, 0.2) is 59.9 Å². The van der Waals surface area contributed by atoms with Crippen LogP contribution in [0.1, 0.15) is 62.7 Å². The first kappa shape index (κ1) is 21.6. The number of allylic oxidation sites excluding steroid dienone is 2. The number of carbonyl (C=O) groups excluding carboxylic acids is 2. The molecule has 0 spiro atoms. The first-order chi connectivity index (χ1) is 16.3. The van der Waals surface area contributed by atoms with E-state index >= 15 is 0 Å². The van der Waals surface area contributed by atoms with Gasteiger partial charge in [-0.05, 0) is 67.6 Å². The zero-order valence-corrected chi connectivity index (χ0v) is 18.9. The molecule has 0 saturated carbocycles. The fraction of sp³-hybridized carbons (Fsp3) is 0.231. The molecule has 1 aromatic heterocycles. The number of carboxylic acid groups (broad SMARTS) is 1. The highest BCUT2D eigenvalue weighted by atomic mass is 16.4. The van der Waals surface area contributed by atoms with Crippen molar-refractivity contribution in [2.45, 2.75) is 39.2 Å². The average Bonchev–Trinajstić information content (AvgIpc) is 3.24. The third kappa shape index (κ3) is 3.67. The van der Waals surface area contributed by atoms with E-state index in [1.807, 2.05) is 32.0 Å². The highest BCUT2D eigenvalue weighted by Crippen LogP contribution is 2.41. The van der Waals surface area contributed by atoms with E-state index < -0.39 is 12.0 Å². The van der Waals surface area contributed by atoms with Crippen molar-refractivity contribution in [3.63, 3.8) is 0 Å². The number of carbonyl (C=O) groups is 3. The number of fused-ring (bicyclic) bond motifs is 1. The highest BCUT2D eigenvalue weighted by molar-refractivity contribution is 6.08. The molecule has 1 amide bonds. The largest absolute Gasteiger partial charge is 0.478 e. The van der Waals surface area contributed by atoms with Crippen LogP contribution in [-0.2, 0) is 4.79 Å². The third-order valence-electron chi connectivity index (χ3n) is 6.52. The van der Waals surface area contributed by atoms with Gasteiger partial charge in [0.25, 0.3) is 5.91 Å². The summed E-state index contributed by atoms with van der Waals surface area (Å²) in [5.74, 6) is -0.774. The van der Waals surface area contributed by atoms with Gasteiger partial charge in [0.15, 0.2) is 5.78 Å². The van der Waals surface area contributed by atoms with Crippen LogP contribution in [0, 0.1) is 13.8 Å². The Balaban J connectivity index is 1.55. The Morgan fingerprint density at radius 2 is 1.85 bits per heavy atom. The number of aromatic nitrogens is 2. The van der Waals surface area contributed by atoms with Gasteiger partial charge in [-0.3, -0.25) is 9.59 Å². The van der Waals surface area contributed by atoms with E-state index in [0.29, 0.717) is 35.5 Å². The molecule has 2 aliphatic rings. The van der Waals surface area contributed by atoms with Crippen molar-refractivity contribution in [2.24, 2.45) is 0 Å². The minimum absolute atomic E-state index is 0.0309. The minimum atomic E-state index is -1.02. The summed E-state index contributed by atoms with van der Waals surface area (Å²) in [5.41, 5.74) is 5.58. The summed E-state index contributed by atoms with van der Waals surface area (Å²) >= 11 is 0. The zero-order chi connectivity index (χ0) is 24.0. The van der Waals surface area contributed by atoms with Gasteiger partial charge in [-0.15, -0.1) is 0 Å². The first-order valence-electron chi connectivity index (χ1n) is 11.2. The summed E-state index contributed by atoms with van der Waals surface area (Å²) in [6.07, 6.45) is 3.36. The molecule has 1 aliphatic carbocycles. The Bertz CT molecular complexity index is 1370. The fourth-order valence-electron chi connectivity index (χ4n) is 4.56. The number of aromatic carboxylic acids is 1. The number of carboxylic acids is 1. The lowest BCUT2D eigenvalue weighted by molar-refractivity contribution is -0.116. The lowest BCUT2D eigenvalue weighted by Crippen LogP contribution is -2.32. The number of hydrogen-bond donors (Lipinski definition) is 3. The van der Waals surface area contributed by atoms with Gasteiger partial charge < -0.3 is 15.7 Å². The van der Waals surface area contributed by atoms with Crippen LogP contribution >= 0.6 is 0 Å². The molecule has 172 valence electrons. The Morgan fingerprint density at radius 3 is 2.56 bits per heavy atom. The normalized spacial score (nSPS) is 17.0. The number of ketones is 1. The Hall–Kier alpha value is -4.20. The van der Waals surface area contributed by atoms with E-state index in [1.54, 1.807) is 16.8 Å². The molecule has 0 radical (unpaired) electrons. The van der Waals surface area contributed by atoms with Gasteiger partial charge in [-0.2, -0.15) is 5.10 Å². The fourth-order valence-corrected chi connectivity index (χ4v) is 4.56. The Labute approximate surface area is 196 Å². The van der Waals surface area contributed by atoms with E-state index in [-0.39, 0.29) is 17.3 Å². The number of aryl methyl sites for hydroxylation is 2. The molecule has 1 aliphatic heterocycles. The molecule has 8 nitrogen and oxygen atoms in total. The van der Waals surface area contributed by atoms with E-state index in [9.17, 15) is 19.5 Å². The molecule has 2 aromatic carbocycles. The summed E-state index contributed by atoms with van der Waals surface area (Å²) in [4.78, 5) is 37.4. The second-order valence-electron chi connectivity index (χ2n) is 8.73. The first-order valence-corrected chi connectivity index (χ1v) is 11.2. The number of anilines is 2. The van der Waals surface area contributed by atoms with Crippen LogP contribution in [0.5, 0.6) is 0 Å². The summed E-state index contributed by atoms with van der Waals surface area (Å²) in [6, 6.07) is 11.6. The molecule has 0 fully saturated rings. The van der Waals surface area contributed by atoms with Crippen molar-refractivity contribution in [1.29, 1.82) is 0 Å². The molecule has 34 heavy (non-hydrogen) atoms. The van der Waals surface area contributed by atoms with Crippen molar-refractivity contribution >= 4 is 29.2 Å².